The molecule has 0 saturated carbocycles. The molecule has 4 aliphatic heterocycles. The Labute approximate surface area is 210 Å². The topological polar surface area (TPSA) is 81.2 Å². The molecule has 4 aliphatic rings. The molecule has 1 aromatic rings. The van der Waals surface area contributed by atoms with Crippen LogP contribution in [0.5, 0.6) is 0 Å². The van der Waals surface area contributed by atoms with E-state index in [4.69, 9.17) is 0 Å². The molecule has 0 radical (unpaired) electrons. The number of carbonyl (C=O) groups is 3. The maximum absolute atomic E-state index is 14.1. The van der Waals surface area contributed by atoms with E-state index in [0.717, 1.165) is 5.69 Å². The van der Waals surface area contributed by atoms with Crippen LogP contribution in [0.15, 0.2) is 54.6 Å². The first-order valence-electron chi connectivity index (χ1n) is 12.3. The number of aliphatic hydroxyl groups is 1. The van der Waals surface area contributed by atoms with Crippen LogP contribution in [0.4, 0.5) is 5.69 Å². The van der Waals surface area contributed by atoms with Crippen LogP contribution < -0.4 is 4.90 Å². The van der Waals surface area contributed by atoms with Gasteiger partial charge in [-0.1, -0.05) is 42.5 Å². The number of para-hydroxylation sites is 1. The van der Waals surface area contributed by atoms with Gasteiger partial charge in [0.2, 0.25) is 17.7 Å². The number of thioether (sulfide) groups is 1. The number of carbonyl (C=O) groups excluding carboxylic acids is 3. The van der Waals surface area contributed by atoms with Gasteiger partial charge < -0.3 is 19.8 Å². The zero-order valence-electron chi connectivity index (χ0n) is 20.5. The standard InChI is InChI=1S/C27H33N3O4S/c1-26(2,3)30-16-8-13-27-21(24(33)29(15-9-17-31)22(27)25(30)34)20-19(35-27)12-7-14-28(23(20)32)18-10-5-4-6-11-18/h4-8,10-13,19-22,31H,9,14-17H2,1-3H3/t19-,20+,21-,22?,27-/m0/s1. The Balaban J connectivity index is 1.60. The summed E-state index contributed by atoms with van der Waals surface area (Å²) in [6.45, 7) is 7.14. The molecule has 35 heavy (non-hydrogen) atoms. The van der Waals surface area contributed by atoms with Crippen LogP contribution in [-0.2, 0) is 14.4 Å². The number of likely N-dealkylation sites (tertiary alicyclic amines) is 1. The SMILES string of the molecule is CC(C)(C)N1CC=C[C@]23S[C@H]4C=CCN(c5ccccc5)C(=O)[C@H]4[C@H]2C(=O)N(CCCO)C3C1=O. The fraction of sp³-hybridized carbons (Fsp3) is 0.519. The first-order chi connectivity index (χ1) is 16.7. The third-order valence-electron chi connectivity index (χ3n) is 7.59. The fourth-order valence-electron chi connectivity index (χ4n) is 6.06. The molecule has 0 aliphatic carbocycles. The molecule has 1 spiro atoms. The highest BCUT2D eigenvalue weighted by atomic mass is 32.2. The molecule has 1 N–H and O–H groups in total. The van der Waals surface area contributed by atoms with Crippen LogP contribution in [0, 0.1) is 11.8 Å². The number of rotatable bonds is 4. The van der Waals surface area contributed by atoms with Gasteiger partial charge in [0.25, 0.3) is 0 Å². The van der Waals surface area contributed by atoms with Gasteiger partial charge >= 0.3 is 0 Å². The molecular weight excluding hydrogens is 462 g/mol. The van der Waals surface area contributed by atoms with E-state index in [1.54, 1.807) is 21.6 Å². The minimum atomic E-state index is -0.821. The van der Waals surface area contributed by atoms with Crippen molar-refractivity contribution >= 4 is 35.2 Å². The summed E-state index contributed by atoms with van der Waals surface area (Å²) in [5.74, 6) is -1.52. The first kappa shape index (κ1) is 24.1. The van der Waals surface area contributed by atoms with Crippen molar-refractivity contribution in [1.29, 1.82) is 0 Å². The van der Waals surface area contributed by atoms with Gasteiger partial charge in [0, 0.05) is 42.7 Å². The summed E-state index contributed by atoms with van der Waals surface area (Å²) in [7, 11) is 0. The molecule has 186 valence electrons. The minimum Gasteiger partial charge on any atom is -0.396 e. The number of nitrogens with zero attached hydrogens (tertiary/aromatic N) is 3. The van der Waals surface area contributed by atoms with E-state index in [1.165, 1.54) is 0 Å². The Morgan fingerprint density at radius 2 is 1.77 bits per heavy atom. The fourth-order valence-corrected chi connectivity index (χ4v) is 8.07. The lowest BCUT2D eigenvalue weighted by atomic mass is 9.78. The van der Waals surface area contributed by atoms with Gasteiger partial charge in [0.1, 0.15) is 6.04 Å². The molecule has 4 heterocycles. The molecule has 8 heteroatoms. The van der Waals surface area contributed by atoms with E-state index >= 15 is 0 Å². The highest BCUT2D eigenvalue weighted by molar-refractivity contribution is 8.02. The van der Waals surface area contributed by atoms with Crippen molar-refractivity contribution in [1.82, 2.24) is 9.80 Å². The molecular formula is C27H33N3O4S. The summed E-state index contributed by atoms with van der Waals surface area (Å²) < 4.78 is -0.821. The molecule has 2 saturated heterocycles. The van der Waals surface area contributed by atoms with E-state index in [-0.39, 0.29) is 29.6 Å². The van der Waals surface area contributed by atoms with Crippen molar-refractivity contribution in [2.45, 2.75) is 48.8 Å². The van der Waals surface area contributed by atoms with Gasteiger partial charge in [0.15, 0.2) is 0 Å². The van der Waals surface area contributed by atoms with Gasteiger partial charge in [-0.2, -0.15) is 0 Å². The summed E-state index contributed by atoms with van der Waals surface area (Å²) in [6.07, 6.45) is 8.49. The van der Waals surface area contributed by atoms with Gasteiger partial charge in [0.05, 0.1) is 16.6 Å². The van der Waals surface area contributed by atoms with Crippen molar-refractivity contribution in [2.75, 3.05) is 31.1 Å². The summed E-state index contributed by atoms with van der Waals surface area (Å²) in [6, 6.07) is 8.84. The number of fused-ring (bicyclic) bond motifs is 2. The van der Waals surface area contributed by atoms with Crippen LogP contribution in [0.1, 0.15) is 27.2 Å². The van der Waals surface area contributed by atoms with E-state index in [2.05, 4.69) is 6.08 Å². The van der Waals surface area contributed by atoms with Crippen LogP contribution in [-0.4, -0.2) is 80.4 Å². The number of anilines is 1. The summed E-state index contributed by atoms with van der Waals surface area (Å²) >= 11 is 1.59. The Kier molecular flexibility index (Phi) is 6.08. The van der Waals surface area contributed by atoms with Gasteiger partial charge in [-0.25, -0.2) is 0 Å². The molecule has 0 aromatic heterocycles. The summed E-state index contributed by atoms with van der Waals surface area (Å²) in [5.41, 5.74) is 0.392. The molecule has 5 atom stereocenters. The lowest BCUT2D eigenvalue weighted by molar-refractivity contribution is -0.145. The van der Waals surface area contributed by atoms with Crippen molar-refractivity contribution < 1.29 is 19.5 Å². The highest BCUT2D eigenvalue weighted by Crippen LogP contribution is 2.61. The second kappa shape index (κ2) is 8.82. The van der Waals surface area contributed by atoms with Crippen LogP contribution in [0.2, 0.25) is 0 Å². The number of aliphatic hydroxyl groups excluding tert-OH is 1. The van der Waals surface area contributed by atoms with Gasteiger partial charge in [-0.15, -0.1) is 11.8 Å². The third-order valence-corrected chi connectivity index (χ3v) is 9.34. The lowest BCUT2D eigenvalue weighted by Gasteiger charge is -2.40. The average Bonchev–Trinajstić information content (AvgIpc) is 3.12. The number of amides is 3. The molecule has 3 amide bonds. The molecule has 0 bridgehead atoms. The predicted octanol–water partition coefficient (Wildman–Crippen LogP) is 2.47. The van der Waals surface area contributed by atoms with Crippen LogP contribution >= 0.6 is 11.8 Å². The maximum atomic E-state index is 14.1. The number of hydrogen-bond donors (Lipinski definition) is 1. The van der Waals surface area contributed by atoms with Gasteiger partial charge in [-0.3, -0.25) is 14.4 Å². The molecule has 5 rings (SSSR count). The smallest absolute Gasteiger partial charge is 0.247 e. The Bertz CT molecular complexity index is 1080. The van der Waals surface area contributed by atoms with Crippen molar-refractivity contribution in [3.63, 3.8) is 0 Å². The predicted molar refractivity (Wildman–Crippen MR) is 137 cm³/mol. The Morgan fingerprint density at radius 3 is 2.46 bits per heavy atom. The summed E-state index contributed by atoms with van der Waals surface area (Å²) in [4.78, 5) is 47.4. The van der Waals surface area contributed by atoms with Crippen molar-refractivity contribution in [2.24, 2.45) is 11.8 Å². The molecule has 1 aromatic carbocycles. The second-order valence-corrected chi connectivity index (χ2v) is 12.2. The molecule has 7 nitrogen and oxygen atoms in total. The third kappa shape index (κ3) is 3.73. The van der Waals surface area contributed by atoms with Gasteiger partial charge in [-0.05, 0) is 39.3 Å². The van der Waals surface area contributed by atoms with E-state index in [9.17, 15) is 19.5 Å². The molecule has 2 fully saturated rings. The zero-order chi connectivity index (χ0) is 25.0. The normalized spacial score (nSPS) is 32.5. The Morgan fingerprint density at radius 1 is 1.03 bits per heavy atom. The van der Waals surface area contributed by atoms with E-state index < -0.39 is 28.2 Å². The largest absolute Gasteiger partial charge is 0.396 e. The van der Waals surface area contributed by atoms with Crippen LogP contribution in [0.3, 0.4) is 0 Å². The average molecular weight is 496 g/mol. The quantitative estimate of drug-likeness (QED) is 0.649. The lowest BCUT2D eigenvalue weighted by Crippen LogP contribution is -2.57. The van der Waals surface area contributed by atoms with E-state index in [0.29, 0.717) is 26.1 Å². The van der Waals surface area contributed by atoms with E-state index in [1.807, 2.05) is 74.2 Å². The number of benzene rings is 1. The summed E-state index contributed by atoms with van der Waals surface area (Å²) in [5, 5.41) is 9.33. The second-order valence-electron chi connectivity index (χ2n) is 10.7. The zero-order valence-corrected chi connectivity index (χ0v) is 21.3. The first-order valence-corrected chi connectivity index (χ1v) is 13.2. The molecule has 1 unspecified atom stereocenters. The minimum absolute atomic E-state index is 0.0656. The van der Waals surface area contributed by atoms with Crippen LogP contribution in [0.25, 0.3) is 0 Å². The maximum Gasteiger partial charge on any atom is 0.247 e. The van der Waals surface area contributed by atoms with Crippen molar-refractivity contribution in [3.8, 4) is 0 Å². The Hall–Kier alpha value is -2.58. The van der Waals surface area contributed by atoms with Crippen molar-refractivity contribution in [3.05, 3.63) is 54.6 Å². The monoisotopic (exact) mass is 495 g/mol. The number of hydrogen-bond acceptors (Lipinski definition) is 5. The highest BCUT2D eigenvalue weighted by Gasteiger charge is 2.71.